The molecule has 0 amide bonds. The van der Waals surface area contributed by atoms with E-state index in [1.54, 1.807) is 7.11 Å². The lowest BCUT2D eigenvalue weighted by Gasteiger charge is -2.14. The van der Waals surface area contributed by atoms with Crippen LogP contribution in [0.4, 0.5) is 5.95 Å². The lowest BCUT2D eigenvalue weighted by Crippen LogP contribution is -3.00. The van der Waals surface area contributed by atoms with Gasteiger partial charge in [-0.05, 0) is 97.3 Å². The number of hydrogen-bond donors (Lipinski definition) is 1. The fraction of sp³-hybridized carbons (Fsp3) is 0.342. The first-order valence-electron chi connectivity index (χ1n) is 15.8. The van der Waals surface area contributed by atoms with Crippen LogP contribution >= 0.6 is 23.5 Å². The highest BCUT2D eigenvalue weighted by atomic mass is 79.9. The van der Waals surface area contributed by atoms with Crippen LogP contribution in [0.25, 0.3) is 22.2 Å². The zero-order valence-electron chi connectivity index (χ0n) is 27.5. The van der Waals surface area contributed by atoms with Gasteiger partial charge in [-0.3, -0.25) is 5.73 Å². The number of nitrogens with zero attached hydrogens (tertiary/aromatic N) is 2. The fourth-order valence-electron chi connectivity index (χ4n) is 6.17. The zero-order valence-corrected chi connectivity index (χ0v) is 30.7. The number of imidazole rings is 1. The van der Waals surface area contributed by atoms with E-state index in [-0.39, 0.29) is 17.0 Å². The summed E-state index contributed by atoms with van der Waals surface area (Å²) in [7, 11) is 1.76. The third-order valence-electron chi connectivity index (χ3n) is 8.51. The number of aromatic nitrogens is 2. The van der Waals surface area contributed by atoms with Crippen LogP contribution in [0.1, 0.15) is 61.4 Å². The fourth-order valence-corrected chi connectivity index (χ4v) is 8.11. The van der Waals surface area contributed by atoms with Gasteiger partial charge in [0.25, 0.3) is 0 Å². The maximum atomic E-state index is 7.08. The predicted octanol–water partition coefficient (Wildman–Crippen LogP) is 6.77. The largest absolute Gasteiger partial charge is 1.00 e. The number of thioether (sulfide) groups is 2. The number of aryl methyl sites for hydroxylation is 4. The number of anilines is 1. The summed E-state index contributed by atoms with van der Waals surface area (Å²) in [5.41, 5.74) is 18.6. The average Bonchev–Trinajstić information content (AvgIpc) is 3.31. The molecule has 5 aromatic rings. The molecule has 4 aromatic carbocycles. The quantitative estimate of drug-likeness (QED) is 0.109. The number of hydrogen-bond acceptors (Lipinski definition) is 4. The molecular formula is C38H46BrN3OS2. The van der Waals surface area contributed by atoms with Crippen molar-refractivity contribution in [3.05, 3.63) is 101 Å². The number of nitrogen functional groups attached to an aromatic ring is 1. The third kappa shape index (κ3) is 7.58. The van der Waals surface area contributed by atoms with Crippen molar-refractivity contribution >= 4 is 40.5 Å². The lowest BCUT2D eigenvalue weighted by molar-refractivity contribution is -0.634. The second-order valence-electron chi connectivity index (χ2n) is 11.5. The smallest absolute Gasteiger partial charge is 0.357 e. The van der Waals surface area contributed by atoms with E-state index in [1.165, 1.54) is 48.7 Å². The molecule has 0 fully saturated rings. The summed E-state index contributed by atoms with van der Waals surface area (Å²) in [6, 6.07) is 26.7. The molecule has 0 bridgehead atoms. The van der Waals surface area contributed by atoms with Crippen LogP contribution in [-0.4, -0.2) is 11.7 Å². The van der Waals surface area contributed by atoms with Gasteiger partial charge in [-0.2, -0.15) is 0 Å². The van der Waals surface area contributed by atoms with E-state index in [0.717, 1.165) is 66.6 Å². The molecule has 0 radical (unpaired) electrons. The molecule has 0 aliphatic rings. The molecule has 4 nitrogen and oxygen atoms in total. The third-order valence-corrected chi connectivity index (χ3v) is 10.5. The Balaban J connectivity index is 0.00000461. The topological polar surface area (TPSA) is 44.1 Å². The van der Waals surface area contributed by atoms with Gasteiger partial charge in [-0.25, -0.2) is 9.13 Å². The van der Waals surface area contributed by atoms with Gasteiger partial charge in [0.2, 0.25) is 0 Å². The molecule has 5 rings (SSSR count). The van der Waals surface area contributed by atoms with Gasteiger partial charge in [-0.15, -0.1) is 0 Å². The van der Waals surface area contributed by atoms with E-state index < -0.39 is 0 Å². The SMILES string of the molecule is CCCc1ccc(SCn2c(N)[n+](CSc3ccc(CCC)c(C)c3)c3c(-c4cccc(OC)c4CC)cccc32)cc1C.[Br-]. The Kier molecular flexibility index (Phi) is 12.5. The summed E-state index contributed by atoms with van der Waals surface area (Å²) in [5, 5.41) is 0. The second kappa shape index (κ2) is 16.1. The second-order valence-corrected chi connectivity index (χ2v) is 13.5. The number of rotatable bonds is 13. The minimum atomic E-state index is 0. The van der Waals surface area contributed by atoms with Crippen molar-refractivity contribution in [2.24, 2.45) is 0 Å². The highest BCUT2D eigenvalue weighted by Crippen LogP contribution is 2.37. The minimum absolute atomic E-state index is 0. The van der Waals surface area contributed by atoms with Crippen molar-refractivity contribution in [1.82, 2.24) is 4.57 Å². The van der Waals surface area contributed by atoms with Gasteiger partial charge in [0, 0.05) is 20.9 Å². The van der Waals surface area contributed by atoms with Crippen LogP contribution in [-0.2, 0) is 31.0 Å². The Labute approximate surface area is 288 Å². The summed E-state index contributed by atoms with van der Waals surface area (Å²) in [5.74, 6) is 3.15. The first-order chi connectivity index (χ1) is 21.4. The highest BCUT2D eigenvalue weighted by molar-refractivity contribution is 7.98. The molecule has 0 aliphatic carbocycles. The number of fused-ring (bicyclic) bond motifs is 1. The van der Waals surface area contributed by atoms with Crippen LogP contribution in [0.2, 0.25) is 0 Å². The summed E-state index contributed by atoms with van der Waals surface area (Å²) >= 11 is 3.68. The molecule has 45 heavy (non-hydrogen) atoms. The first kappa shape index (κ1) is 35.0. The van der Waals surface area contributed by atoms with E-state index >= 15 is 0 Å². The number of ether oxygens (including phenoxy) is 1. The Bertz CT molecular complexity index is 1760. The molecule has 0 saturated carbocycles. The number of benzene rings is 4. The molecule has 0 saturated heterocycles. The van der Waals surface area contributed by atoms with Crippen LogP contribution in [0.15, 0.2) is 82.6 Å². The average molecular weight is 705 g/mol. The van der Waals surface area contributed by atoms with Gasteiger partial charge in [-0.1, -0.05) is 93.5 Å². The van der Waals surface area contributed by atoms with E-state index in [2.05, 4.69) is 117 Å². The Morgan fingerprint density at radius 2 is 1.38 bits per heavy atom. The van der Waals surface area contributed by atoms with Crippen molar-refractivity contribution in [3.63, 3.8) is 0 Å². The minimum Gasteiger partial charge on any atom is -1.00 e. The zero-order chi connectivity index (χ0) is 31.2. The van der Waals surface area contributed by atoms with Crippen molar-refractivity contribution in [2.75, 3.05) is 12.8 Å². The van der Waals surface area contributed by atoms with E-state index in [1.807, 2.05) is 23.5 Å². The van der Waals surface area contributed by atoms with E-state index in [4.69, 9.17) is 10.5 Å². The molecule has 0 aliphatic heterocycles. The van der Waals surface area contributed by atoms with Crippen LogP contribution in [0.5, 0.6) is 5.75 Å². The maximum absolute atomic E-state index is 7.08. The van der Waals surface area contributed by atoms with Gasteiger partial charge in [0.1, 0.15) is 28.5 Å². The molecular weight excluding hydrogens is 658 g/mol. The number of para-hydroxylation sites is 1. The van der Waals surface area contributed by atoms with Crippen molar-refractivity contribution in [3.8, 4) is 16.9 Å². The van der Waals surface area contributed by atoms with Gasteiger partial charge in [0.15, 0.2) is 0 Å². The molecule has 0 spiro atoms. The monoisotopic (exact) mass is 703 g/mol. The van der Waals surface area contributed by atoms with Gasteiger partial charge >= 0.3 is 5.95 Å². The van der Waals surface area contributed by atoms with Gasteiger partial charge < -0.3 is 21.7 Å². The molecule has 0 atom stereocenters. The summed E-state index contributed by atoms with van der Waals surface area (Å²) < 4.78 is 10.4. The predicted molar refractivity (Wildman–Crippen MR) is 190 cm³/mol. The van der Waals surface area contributed by atoms with Crippen LogP contribution in [0, 0.1) is 13.8 Å². The number of halogens is 1. The highest BCUT2D eigenvalue weighted by Gasteiger charge is 2.26. The van der Waals surface area contributed by atoms with Crippen molar-refractivity contribution in [2.45, 2.75) is 88.3 Å². The van der Waals surface area contributed by atoms with E-state index in [0.29, 0.717) is 0 Å². The first-order valence-corrected chi connectivity index (χ1v) is 17.8. The summed E-state index contributed by atoms with van der Waals surface area (Å²) in [6.45, 7) is 11.1. The standard InChI is InChI=1S/C38H45N3OS2.BrH/c1-7-12-28-18-20-30(22-26(28)4)43-24-40-35-16-10-15-34(33-14-11-17-36(42-6)32(33)9-3)37(35)41(38(40)39)25-44-31-21-19-29(13-8-2)27(5)23-31;/h10-11,14-23,39H,7-9,12-13,24-25H2,1-6H3;1H. The van der Waals surface area contributed by atoms with Crippen LogP contribution in [0.3, 0.4) is 0 Å². The van der Waals surface area contributed by atoms with Crippen molar-refractivity contribution in [1.29, 1.82) is 0 Å². The summed E-state index contributed by atoms with van der Waals surface area (Å²) in [6.07, 6.45) is 5.44. The van der Waals surface area contributed by atoms with Crippen LogP contribution < -0.4 is 32.0 Å². The maximum Gasteiger partial charge on any atom is 0.357 e. The van der Waals surface area contributed by atoms with Crippen molar-refractivity contribution < 1.29 is 26.3 Å². The van der Waals surface area contributed by atoms with E-state index in [9.17, 15) is 0 Å². The number of nitrogens with two attached hydrogens (primary N) is 1. The number of methoxy groups -OCH3 is 1. The Morgan fingerprint density at radius 3 is 1.96 bits per heavy atom. The molecule has 1 aromatic heterocycles. The molecule has 0 unspecified atom stereocenters. The molecule has 7 heteroatoms. The Hall–Kier alpha value is -2.87. The lowest BCUT2D eigenvalue weighted by atomic mass is 9.96. The summed E-state index contributed by atoms with van der Waals surface area (Å²) in [4.78, 5) is 2.53. The Morgan fingerprint density at radius 1 is 0.778 bits per heavy atom. The molecule has 238 valence electrons. The van der Waals surface area contributed by atoms with Gasteiger partial charge in [0.05, 0.1) is 7.11 Å². The normalized spacial score (nSPS) is 11.2. The molecule has 1 heterocycles. The molecule has 2 N–H and O–H groups in total.